The van der Waals surface area contributed by atoms with Gasteiger partial charge in [-0.15, -0.1) is 0 Å². The van der Waals surface area contributed by atoms with Crippen molar-refractivity contribution in [2.24, 2.45) is 0 Å². The molecule has 2 aromatic rings. The maximum Gasteiger partial charge on any atom is 0.319 e. The summed E-state index contributed by atoms with van der Waals surface area (Å²) in [6.07, 6.45) is 8.50. The highest BCUT2D eigenvalue weighted by Crippen LogP contribution is 2.21. The first-order chi connectivity index (χ1) is 13.6. The van der Waals surface area contributed by atoms with Crippen molar-refractivity contribution >= 4 is 17.5 Å². The summed E-state index contributed by atoms with van der Waals surface area (Å²) in [5, 5.41) is 5.64. The van der Waals surface area contributed by atoms with Gasteiger partial charge in [-0.2, -0.15) is 0 Å². The molecule has 1 aliphatic heterocycles. The predicted octanol–water partition coefficient (Wildman–Crippen LogP) is 3.97. The molecule has 0 aromatic carbocycles. The summed E-state index contributed by atoms with van der Waals surface area (Å²) in [4.78, 5) is 23.3. The van der Waals surface area contributed by atoms with Gasteiger partial charge in [0.2, 0.25) is 5.88 Å². The molecule has 1 aliphatic rings. The lowest BCUT2D eigenvalue weighted by molar-refractivity contribution is 0.233. The summed E-state index contributed by atoms with van der Waals surface area (Å²) >= 11 is 0. The number of hydrogen-bond donors (Lipinski definition) is 2. The van der Waals surface area contributed by atoms with E-state index in [2.05, 4.69) is 25.5 Å². The average molecular weight is 383 g/mol. The number of nitrogens with one attached hydrogen (secondary N) is 2. The fourth-order valence-electron chi connectivity index (χ4n) is 3.16. The van der Waals surface area contributed by atoms with Crippen molar-refractivity contribution in [3.8, 4) is 5.88 Å². The van der Waals surface area contributed by atoms with Gasteiger partial charge in [0, 0.05) is 32.0 Å². The zero-order valence-electron chi connectivity index (χ0n) is 16.6. The van der Waals surface area contributed by atoms with E-state index in [1.54, 1.807) is 18.3 Å². The van der Waals surface area contributed by atoms with Crippen LogP contribution in [0.4, 0.5) is 16.3 Å². The van der Waals surface area contributed by atoms with Gasteiger partial charge in [0.05, 0.1) is 6.10 Å². The van der Waals surface area contributed by atoms with Crippen molar-refractivity contribution in [1.82, 2.24) is 15.3 Å². The first-order valence-electron chi connectivity index (χ1n) is 9.98. The molecule has 7 heteroatoms. The quantitative estimate of drug-likeness (QED) is 0.789. The Morgan fingerprint density at radius 3 is 2.61 bits per heavy atom. The summed E-state index contributed by atoms with van der Waals surface area (Å²) in [7, 11) is 0. The molecule has 0 radical (unpaired) electrons. The topological polar surface area (TPSA) is 79.4 Å². The number of rotatable bonds is 6. The fourth-order valence-corrected chi connectivity index (χ4v) is 3.16. The molecule has 28 heavy (non-hydrogen) atoms. The molecule has 0 saturated carbocycles. The standard InChI is InChI=1S/C21H29N5O2/c1-16(2)28-20-18(8-7-11-22-20)25-21(27)24-15-17-9-10-19(23-14-17)26-12-5-3-4-6-13-26/h7-11,14,16H,3-6,12-13,15H2,1-2H3,(H2,24,25,27). The molecule has 7 nitrogen and oxygen atoms in total. The highest BCUT2D eigenvalue weighted by Gasteiger charge is 2.12. The van der Waals surface area contributed by atoms with Gasteiger partial charge in [0.25, 0.3) is 0 Å². The van der Waals surface area contributed by atoms with E-state index < -0.39 is 0 Å². The summed E-state index contributed by atoms with van der Waals surface area (Å²) in [6, 6.07) is 7.27. The smallest absolute Gasteiger partial charge is 0.319 e. The van der Waals surface area contributed by atoms with E-state index >= 15 is 0 Å². The second-order valence-corrected chi connectivity index (χ2v) is 7.26. The lowest BCUT2D eigenvalue weighted by Gasteiger charge is -2.21. The monoisotopic (exact) mass is 383 g/mol. The highest BCUT2D eigenvalue weighted by molar-refractivity contribution is 5.90. The van der Waals surface area contributed by atoms with Crippen LogP contribution in [0.2, 0.25) is 0 Å². The van der Waals surface area contributed by atoms with Gasteiger partial charge < -0.3 is 20.3 Å². The Morgan fingerprint density at radius 2 is 1.93 bits per heavy atom. The maximum atomic E-state index is 12.2. The number of hydrogen-bond acceptors (Lipinski definition) is 5. The summed E-state index contributed by atoms with van der Waals surface area (Å²) < 4.78 is 5.62. The van der Waals surface area contributed by atoms with E-state index in [9.17, 15) is 4.79 Å². The molecule has 2 aromatic heterocycles. The number of nitrogens with zero attached hydrogens (tertiary/aromatic N) is 3. The van der Waals surface area contributed by atoms with E-state index in [1.807, 2.05) is 32.2 Å². The molecule has 150 valence electrons. The van der Waals surface area contributed by atoms with Crippen LogP contribution < -0.4 is 20.3 Å². The molecule has 3 rings (SSSR count). The van der Waals surface area contributed by atoms with Crippen molar-refractivity contribution in [1.29, 1.82) is 0 Å². The minimum absolute atomic E-state index is 0.0210. The third-order valence-electron chi connectivity index (χ3n) is 4.56. The Morgan fingerprint density at radius 1 is 1.14 bits per heavy atom. The van der Waals surface area contributed by atoms with Crippen molar-refractivity contribution in [2.75, 3.05) is 23.3 Å². The van der Waals surface area contributed by atoms with Gasteiger partial charge in [-0.1, -0.05) is 18.9 Å². The van der Waals surface area contributed by atoms with Crippen LogP contribution in [0.3, 0.4) is 0 Å². The first-order valence-corrected chi connectivity index (χ1v) is 9.98. The normalized spacial score (nSPS) is 14.5. The van der Waals surface area contributed by atoms with Crippen LogP contribution in [0, 0.1) is 0 Å². The van der Waals surface area contributed by atoms with E-state index in [0.717, 1.165) is 24.5 Å². The lowest BCUT2D eigenvalue weighted by Crippen LogP contribution is -2.29. The van der Waals surface area contributed by atoms with Gasteiger partial charge in [-0.05, 0) is 50.5 Å². The Kier molecular flexibility index (Phi) is 7.06. The van der Waals surface area contributed by atoms with Gasteiger partial charge in [0.1, 0.15) is 11.5 Å². The van der Waals surface area contributed by atoms with Crippen LogP contribution in [0.25, 0.3) is 0 Å². The van der Waals surface area contributed by atoms with Crippen molar-refractivity contribution < 1.29 is 9.53 Å². The number of amides is 2. The number of aromatic nitrogens is 2. The number of pyridine rings is 2. The number of carbonyl (C=O) groups is 1. The Balaban J connectivity index is 1.52. The predicted molar refractivity (Wildman–Crippen MR) is 111 cm³/mol. The minimum Gasteiger partial charge on any atom is -0.473 e. The molecular weight excluding hydrogens is 354 g/mol. The van der Waals surface area contributed by atoms with E-state index in [-0.39, 0.29) is 12.1 Å². The lowest BCUT2D eigenvalue weighted by atomic mass is 10.2. The third-order valence-corrected chi connectivity index (χ3v) is 4.56. The van der Waals surface area contributed by atoms with Crippen molar-refractivity contribution in [2.45, 2.75) is 52.2 Å². The molecule has 2 N–H and O–H groups in total. The Labute approximate surface area is 166 Å². The fraction of sp³-hybridized carbons (Fsp3) is 0.476. The van der Waals surface area contributed by atoms with Gasteiger partial charge in [-0.25, -0.2) is 14.8 Å². The molecule has 1 saturated heterocycles. The zero-order chi connectivity index (χ0) is 19.8. The molecule has 3 heterocycles. The second-order valence-electron chi connectivity index (χ2n) is 7.26. The molecule has 0 bridgehead atoms. The number of carbonyl (C=O) groups excluding carboxylic acids is 1. The number of urea groups is 1. The second kappa shape index (κ2) is 9.92. The van der Waals surface area contributed by atoms with Crippen LogP contribution in [0.15, 0.2) is 36.7 Å². The van der Waals surface area contributed by atoms with E-state index in [0.29, 0.717) is 18.1 Å². The maximum absolute atomic E-state index is 12.2. The van der Waals surface area contributed by atoms with Gasteiger partial charge in [0.15, 0.2) is 0 Å². The SMILES string of the molecule is CC(C)Oc1ncccc1NC(=O)NCc1ccc(N2CCCCCC2)nc1. The summed E-state index contributed by atoms with van der Waals surface area (Å²) in [5.74, 6) is 1.43. The minimum atomic E-state index is -0.307. The summed E-state index contributed by atoms with van der Waals surface area (Å²) in [6.45, 7) is 6.37. The number of anilines is 2. The average Bonchev–Trinajstić information content (AvgIpc) is 2.97. The molecule has 2 amide bonds. The van der Waals surface area contributed by atoms with Crippen molar-refractivity contribution in [3.63, 3.8) is 0 Å². The molecule has 0 atom stereocenters. The Hall–Kier alpha value is -2.83. The van der Waals surface area contributed by atoms with Gasteiger partial charge >= 0.3 is 6.03 Å². The number of ether oxygens (including phenoxy) is 1. The van der Waals surface area contributed by atoms with Crippen LogP contribution in [0.1, 0.15) is 45.1 Å². The molecule has 1 fully saturated rings. The molecular formula is C21H29N5O2. The summed E-state index contributed by atoms with van der Waals surface area (Å²) in [5.41, 5.74) is 1.50. The van der Waals surface area contributed by atoms with E-state index in [1.165, 1.54) is 25.7 Å². The zero-order valence-corrected chi connectivity index (χ0v) is 16.6. The molecule has 0 spiro atoms. The largest absolute Gasteiger partial charge is 0.473 e. The molecule has 0 aliphatic carbocycles. The van der Waals surface area contributed by atoms with Crippen LogP contribution in [-0.2, 0) is 6.54 Å². The highest BCUT2D eigenvalue weighted by atomic mass is 16.5. The van der Waals surface area contributed by atoms with Crippen molar-refractivity contribution in [3.05, 3.63) is 42.2 Å². The van der Waals surface area contributed by atoms with Crippen LogP contribution in [0.5, 0.6) is 5.88 Å². The first kappa shape index (κ1) is 19.9. The van der Waals surface area contributed by atoms with Crippen LogP contribution >= 0.6 is 0 Å². The Bertz CT molecular complexity index is 756. The van der Waals surface area contributed by atoms with Crippen LogP contribution in [-0.4, -0.2) is 35.2 Å². The van der Waals surface area contributed by atoms with E-state index in [4.69, 9.17) is 4.74 Å². The molecule has 0 unspecified atom stereocenters. The van der Waals surface area contributed by atoms with Gasteiger partial charge in [-0.3, -0.25) is 0 Å². The third kappa shape index (κ3) is 5.84.